The largest absolute Gasteiger partial charge is 0.0622 e. The summed E-state index contributed by atoms with van der Waals surface area (Å²) in [6.45, 7) is 0. The molecular formula is C20H18BrP. The number of rotatable bonds is 5. The molecule has 0 heterocycles. The molecule has 110 valence electrons. The van der Waals surface area contributed by atoms with Crippen molar-refractivity contribution in [3.8, 4) is 0 Å². The highest BCUT2D eigenvalue weighted by Gasteiger charge is 2.13. The summed E-state index contributed by atoms with van der Waals surface area (Å²) in [5.41, 5.74) is 1.40. The van der Waals surface area contributed by atoms with Crippen LogP contribution in [0.3, 0.4) is 0 Å². The average Bonchev–Trinajstić information content (AvgIpc) is 2.57. The van der Waals surface area contributed by atoms with Gasteiger partial charge in [-0.05, 0) is 48.8 Å². The van der Waals surface area contributed by atoms with Gasteiger partial charge in [0.2, 0.25) is 0 Å². The van der Waals surface area contributed by atoms with Crippen molar-refractivity contribution in [2.75, 3.05) is 6.16 Å². The first-order chi connectivity index (χ1) is 10.8. The lowest BCUT2D eigenvalue weighted by molar-refractivity contribution is 1.15. The van der Waals surface area contributed by atoms with Gasteiger partial charge in [-0.3, -0.25) is 0 Å². The molecule has 0 N–H and O–H groups in total. The van der Waals surface area contributed by atoms with Gasteiger partial charge < -0.3 is 0 Å². The van der Waals surface area contributed by atoms with Crippen molar-refractivity contribution in [2.24, 2.45) is 0 Å². The minimum Gasteiger partial charge on any atom is -0.0622 e. The topological polar surface area (TPSA) is 0 Å². The first kappa shape index (κ1) is 15.5. The molecule has 0 spiro atoms. The number of halogens is 1. The number of benzene rings is 3. The number of aryl methyl sites for hydroxylation is 1. The third-order valence-electron chi connectivity index (χ3n) is 3.65. The molecule has 0 aromatic heterocycles. The first-order valence-electron chi connectivity index (χ1n) is 7.45. The number of hydrogen-bond acceptors (Lipinski definition) is 0. The smallest absolute Gasteiger partial charge is 0.0177 e. The highest BCUT2D eigenvalue weighted by molar-refractivity contribution is 9.10. The summed E-state index contributed by atoms with van der Waals surface area (Å²) in [6, 6.07) is 30.5. The van der Waals surface area contributed by atoms with E-state index in [4.69, 9.17) is 0 Å². The predicted molar refractivity (Wildman–Crippen MR) is 102 cm³/mol. The molecule has 22 heavy (non-hydrogen) atoms. The number of hydrogen-bond donors (Lipinski definition) is 0. The van der Waals surface area contributed by atoms with E-state index in [9.17, 15) is 0 Å². The second kappa shape index (κ2) is 7.72. The third kappa shape index (κ3) is 4.06. The molecule has 3 rings (SSSR count). The molecule has 2 heteroatoms. The first-order valence-corrected chi connectivity index (χ1v) is 9.77. The van der Waals surface area contributed by atoms with Gasteiger partial charge in [0, 0.05) is 4.47 Å². The molecule has 3 aromatic carbocycles. The zero-order chi connectivity index (χ0) is 15.2. The van der Waals surface area contributed by atoms with Crippen LogP contribution in [0.2, 0.25) is 0 Å². The maximum atomic E-state index is 3.56. The van der Waals surface area contributed by atoms with Crippen LogP contribution in [0, 0.1) is 0 Å². The quantitative estimate of drug-likeness (QED) is 0.548. The lowest BCUT2D eigenvalue weighted by Crippen LogP contribution is -2.14. The second-order valence-electron chi connectivity index (χ2n) is 5.20. The van der Waals surface area contributed by atoms with E-state index in [2.05, 4.69) is 101 Å². The van der Waals surface area contributed by atoms with Gasteiger partial charge in [-0.25, -0.2) is 0 Å². The maximum absolute atomic E-state index is 3.56. The average molecular weight is 369 g/mol. The Morgan fingerprint density at radius 3 is 1.82 bits per heavy atom. The second-order valence-corrected chi connectivity index (χ2v) is 8.45. The van der Waals surface area contributed by atoms with E-state index in [1.165, 1.54) is 22.3 Å². The van der Waals surface area contributed by atoms with Gasteiger partial charge in [-0.2, -0.15) is 0 Å². The van der Waals surface area contributed by atoms with Crippen LogP contribution in [0.1, 0.15) is 5.56 Å². The van der Waals surface area contributed by atoms with Crippen molar-refractivity contribution in [3.05, 3.63) is 95.0 Å². The van der Waals surface area contributed by atoms with Gasteiger partial charge in [0.05, 0.1) is 0 Å². The molecule has 3 aromatic rings. The van der Waals surface area contributed by atoms with Crippen molar-refractivity contribution in [1.29, 1.82) is 0 Å². The van der Waals surface area contributed by atoms with Gasteiger partial charge in [0.1, 0.15) is 0 Å². The van der Waals surface area contributed by atoms with Crippen molar-refractivity contribution < 1.29 is 0 Å². The molecular weight excluding hydrogens is 351 g/mol. The van der Waals surface area contributed by atoms with Crippen LogP contribution in [0.25, 0.3) is 0 Å². The zero-order valence-corrected chi connectivity index (χ0v) is 14.8. The lowest BCUT2D eigenvalue weighted by Gasteiger charge is -2.18. The van der Waals surface area contributed by atoms with E-state index in [1.807, 2.05) is 0 Å². The van der Waals surface area contributed by atoms with E-state index in [-0.39, 0.29) is 7.92 Å². The Balaban J connectivity index is 1.83. The monoisotopic (exact) mass is 368 g/mol. The molecule has 0 radical (unpaired) electrons. The van der Waals surface area contributed by atoms with Gasteiger partial charge in [0.15, 0.2) is 0 Å². The van der Waals surface area contributed by atoms with Crippen LogP contribution in [0.5, 0.6) is 0 Å². The van der Waals surface area contributed by atoms with Gasteiger partial charge >= 0.3 is 0 Å². The molecule has 0 nitrogen and oxygen atoms in total. The predicted octanol–water partition coefficient (Wildman–Crippen LogP) is 5.12. The Morgan fingerprint density at radius 1 is 0.682 bits per heavy atom. The van der Waals surface area contributed by atoms with Crippen molar-refractivity contribution in [1.82, 2.24) is 0 Å². The van der Waals surface area contributed by atoms with Gasteiger partial charge in [0.25, 0.3) is 0 Å². The Kier molecular flexibility index (Phi) is 5.43. The normalized spacial score (nSPS) is 10.8. The molecule has 0 saturated heterocycles. The SMILES string of the molecule is Brc1cccc(CCP(c2ccccc2)c2ccccc2)c1. The van der Waals surface area contributed by atoms with E-state index >= 15 is 0 Å². The van der Waals surface area contributed by atoms with Crippen LogP contribution in [0.4, 0.5) is 0 Å². The highest BCUT2D eigenvalue weighted by Crippen LogP contribution is 2.34. The van der Waals surface area contributed by atoms with E-state index in [1.54, 1.807) is 0 Å². The molecule has 0 amide bonds. The fourth-order valence-corrected chi connectivity index (χ4v) is 5.36. The molecule has 0 bridgehead atoms. The zero-order valence-electron chi connectivity index (χ0n) is 12.3. The van der Waals surface area contributed by atoms with Crippen molar-refractivity contribution in [2.45, 2.75) is 6.42 Å². The highest BCUT2D eigenvalue weighted by atomic mass is 79.9. The van der Waals surface area contributed by atoms with Gasteiger partial charge in [-0.15, -0.1) is 0 Å². The van der Waals surface area contributed by atoms with E-state index in [0.717, 1.165) is 10.9 Å². The Bertz CT molecular complexity index is 671. The van der Waals surface area contributed by atoms with Crippen LogP contribution in [-0.2, 0) is 6.42 Å². The molecule has 0 aliphatic heterocycles. The molecule has 0 atom stereocenters. The fourth-order valence-electron chi connectivity index (χ4n) is 2.56. The summed E-state index contributed by atoms with van der Waals surface area (Å²) >= 11 is 3.56. The Hall–Kier alpha value is -1.43. The molecule has 0 aliphatic carbocycles. The molecule has 0 saturated carbocycles. The summed E-state index contributed by atoms with van der Waals surface area (Å²) in [5.74, 6) is 0. The van der Waals surface area contributed by atoms with Crippen LogP contribution in [0.15, 0.2) is 89.4 Å². The summed E-state index contributed by atoms with van der Waals surface area (Å²) in [5, 5.41) is 2.91. The standard InChI is InChI=1S/C20H18BrP/c21-18-9-7-8-17(16-18)14-15-22(19-10-3-1-4-11-19)20-12-5-2-6-13-20/h1-13,16H,14-15H2. The Morgan fingerprint density at radius 2 is 1.27 bits per heavy atom. The minimum atomic E-state index is -0.299. The maximum Gasteiger partial charge on any atom is 0.0177 e. The van der Waals surface area contributed by atoms with Crippen LogP contribution in [-0.4, -0.2) is 6.16 Å². The molecule has 0 unspecified atom stereocenters. The van der Waals surface area contributed by atoms with E-state index in [0.29, 0.717) is 0 Å². The third-order valence-corrected chi connectivity index (χ3v) is 6.66. The molecule has 0 fully saturated rings. The molecule has 0 aliphatic rings. The minimum absolute atomic E-state index is 0.299. The van der Waals surface area contributed by atoms with Crippen molar-refractivity contribution >= 4 is 34.5 Å². The summed E-state index contributed by atoms with van der Waals surface area (Å²) in [4.78, 5) is 0. The fraction of sp³-hybridized carbons (Fsp3) is 0.100. The van der Waals surface area contributed by atoms with Crippen LogP contribution < -0.4 is 10.6 Å². The van der Waals surface area contributed by atoms with Crippen molar-refractivity contribution in [3.63, 3.8) is 0 Å². The lowest BCUT2D eigenvalue weighted by atomic mass is 10.2. The van der Waals surface area contributed by atoms with Crippen LogP contribution >= 0.6 is 23.9 Å². The summed E-state index contributed by atoms with van der Waals surface area (Å²) in [6.07, 6.45) is 2.29. The Labute approximate surface area is 142 Å². The van der Waals surface area contributed by atoms with E-state index < -0.39 is 0 Å². The van der Waals surface area contributed by atoms with Gasteiger partial charge in [-0.1, -0.05) is 88.7 Å². The summed E-state index contributed by atoms with van der Waals surface area (Å²) < 4.78 is 1.16. The summed E-state index contributed by atoms with van der Waals surface area (Å²) in [7, 11) is -0.299.